The summed E-state index contributed by atoms with van der Waals surface area (Å²) >= 11 is 0. The van der Waals surface area contributed by atoms with Crippen molar-refractivity contribution in [3.05, 3.63) is 254 Å². The fraction of sp³-hybridized carbons (Fsp3) is 0.0147. The maximum atomic E-state index is 15.6. The summed E-state index contributed by atoms with van der Waals surface area (Å²) in [7, 11) is 0. The first-order valence-electron chi connectivity index (χ1n) is 25.8. The largest absolute Gasteiger partial charge is 0.418 e. The van der Waals surface area contributed by atoms with Crippen molar-refractivity contribution in [2.75, 3.05) is 0 Å². The molecule has 4 aromatic heterocycles. The Balaban J connectivity index is 0.860. The van der Waals surface area contributed by atoms with Crippen molar-refractivity contribution >= 4 is 43.6 Å². The minimum atomic E-state index is -4.76. The van der Waals surface area contributed by atoms with Crippen molar-refractivity contribution < 1.29 is 13.2 Å². The molecule has 0 radical (unpaired) electrons. The van der Waals surface area contributed by atoms with Crippen LogP contribution in [0.15, 0.2) is 243 Å². The van der Waals surface area contributed by atoms with Gasteiger partial charge in [0.15, 0.2) is 34.9 Å². The molecule has 0 saturated carbocycles. The number of halogens is 3. The molecule has 80 heavy (non-hydrogen) atoms. The van der Waals surface area contributed by atoms with Gasteiger partial charge in [0.25, 0.3) is 0 Å². The lowest BCUT2D eigenvalue weighted by atomic mass is 10.0. The van der Waals surface area contributed by atoms with E-state index in [9.17, 15) is 5.26 Å². The maximum absolute atomic E-state index is 15.6. The zero-order chi connectivity index (χ0) is 53.9. The molecule has 9 nitrogen and oxygen atoms in total. The molecule has 0 aliphatic carbocycles. The first kappa shape index (κ1) is 47.5. The topological polar surface area (TPSA) is 111 Å². The number of nitriles is 1. The molecule has 0 fully saturated rings. The summed E-state index contributed by atoms with van der Waals surface area (Å²) in [5, 5.41) is 14.5. The van der Waals surface area contributed by atoms with E-state index in [4.69, 9.17) is 29.9 Å². The second-order valence-corrected chi connectivity index (χ2v) is 19.3. The third-order valence-electron chi connectivity index (χ3n) is 14.5. The normalized spacial score (nSPS) is 11.7. The Morgan fingerprint density at radius 2 is 0.650 bits per heavy atom. The number of hydrogen-bond acceptors (Lipinski definition) is 7. The summed E-state index contributed by atoms with van der Waals surface area (Å²) in [5.41, 5.74) is 8.95. The van der Waals surface area contributed by atoms with Crippen molar-refractivity contribution in [2.24, 2.45) is 0 Å². The Bertz CT molecular complexity index is 4670. The third kappa shape index (κ3) is 8.37. The van der Waals surface area contributed by atoms with E-state index in [-0.39, 0.29) is 17.1 Å². The zero-order valence-electron chi connectivity index (χ0n) is 42.3. The first-order chi connectivity index (χ1) is 39.2. The second kappa shape index (κ2) is 19.3. The van der Waals surface area contributed by atoms with Crippen LogP contribution >= 0.6 is 0 Å². The fourth-order valence-electron chi connectivity index (χ4n) is 10.8. The SMILES string of the molecule is N#Cc1cc(-c2nc(-c3ccccc3)nc(-c3cccc(-c4ccc5c(c4)c4ccccc4n5-c4ccc(-c5nc(-c6ccccc6)nc(-c6ccccc6)n5)cc4C(F)(F)F)c3)n2)ccc1-n1c2ccccc2c2ccccc21. The third-order valence-corrected chi connectivity index (χ3v) is 14.5. The predicted octanol–water partition coefficient (Wildman–Crippen LogP) is 16.8. The van der Waals surface area contributed by atoms with Crippen LogP contribution in [0.2, 0.25) is 0 Å². The molecule has 12 heteroatoms. The van der Waals surface area contributed by atoms with E-state index >= 15 is 13.2 Å². The number of rotatable bonds is 9. The number of benzene rings is 10. The second-order valence-electron chi connectivity index (χ2n) is 19.3. The molecule has 0 atom stereocenters. The minimum absolute atomic E-state index is 0.0362. The van der Waals surface area contributed by atoms with Crippen molar-refractivity contribution in [1.29, 1.82) is 5.26 Å². The number of nitrogens with zero attached hydrogens (tertiary/aromatic N) is 9. The Kier molecular flexibility index (Phi) is 11.5. The first-order valence-corrected chi connectivity index (χ1v) is 25.8. The molecule has 0 aliphatic heterocycles. The number of aromatic nitrogens is 8. The molecule has 378 valence electrons. The molecule has 14 aromatic rings. The molecule has 0 spiro atoms. The van der Waals surface area contributed by atoms with Gasteiger partial charge in [0.1, 0.15) is 6.07 Å². The molecule has 0 bridgehead atoms. The Morgan fingerprint density at radius 3 is 1.14 bits per heavy atom. The lowest BCUT2D eigenvalue weighted by Crippen LogP contribution is -2.11. The fourth-order valence-corrected chi connectivity index (χ4v) is 10.8. The van der Waals surface area contributed by atoms with Crippen LogP contribution in [-0.2, 0) is 6.18 Å². The van der Waals surface area contributed by atoms with Crippen LogP contribution in [0.25, 0.3) is 134 Å². The van der Waals surface area contributed by atoms with Gasteiger partial charge in [-0.2, -0.15) is 18.4 Å². The van der Waals surface area contributed by atoms with Crippen LogP contribution < -0.4 is 0 Å². The van der Waals surface area contributed by atoms with E-state index in [0.29, 0.717) is 68.0 Å². The quantitative estimate of drug-likeness (QED) is 0.142. The zero-order valence-corrected chi connectivity index (χ0v) is 42.3. The van der Waals surface area contributed by atoms with Gasteiger partial charge in [-0.25, -0.2) is 29.9 Å². The van der Waals surface area contributed by atoms with Crippen molar-refractivity contribution in [3.63, 3.8) is 0 Å². The summed E-state index contributed by atoms with van der Waals surface area (Å²) in [6, 6.07) is 78.4. The smallest absolute Gasteiger partial charge is 0.309 e. The maximum Gasteiger partial charge on any atom is 0.418 e. The molecule has 0 amide bonds. The molecule has 4 heterocycles. The average molecular weight is 1040 g/mol. The Labute approximate surface area is 455 Å². The van der Waals surface area contributed by atoms with Crippen molar-refractivity contribution in [2.45, 2.75) is 6.18 Å². The van der Waals surface area contributed by atoms with Gasteiger partial charge < -0.3 is 9.13 Å². The minimum Gasteiger partial charge on any atom is -0.309 e. The van der Waals surface area contributed by atoms with Crippen molar-refractivity contribution in [1.82, 2.24) is 39.0 Å². The van der Waals surface area contributed by atoms with Crippen LogP contribution in [0.1, 0.15) is 11.1 Å². The van der Waals surface area contributed by atoms with Gasteiger partial charge in [-0.3, -0.25) is 0 Å². The highest BCUT2D eigenvalue weighted by Crippen LogP contribution is 2.42. The summed E-state index contributed by atoms with van der Waals surface area (Å²) in [6.07, 6.45) is -4.76. The van der Waals surface area contributed by atoms with Gasteiger partial charge in [0.05, 0.1) is 44.6 Å². The van der Waals surface area contributed by atoms with Crippen LogP contribution in [0.4, 0.5) is 13.2 Å². The van der Waals surface area contributed by atoms with E-state index in [1.807, 2.05) is 200 Å². The van der Waals surface area contributed by atoms with Crippen LogP contribution in [0.5, 0.6) is 0 Å². The summed E-state index contributed by atoms with van der Waals surface area (Å²) < 4.78 is 50.7. The molecular formula is C68H40F3N9. The Morgan fingerprint density at radius 1 is 0.300 bits per heavy atom. The van der Waals surface area contributed by atoms with Gasteiger partial charge in [-0.05, 0) is 83.9 Å². The van der Waals surface area contributed by atoms with E-state index in [0.717, 1.165) is 61.0 Å². The van der Waals surface area contributed by atoms with Crippen LogP contribution in [0.3, 0.4) is 0 Å². The van der Waals surface area contributed by atoms with Crippen LogP contribution in [-0.4, -0.2) is 39.0 Å². The molecule has 0 saturated heterocycles. The highest BCUT2D eigenvalue weighted by Gasteiger charge is 2.36. The monoisotopic (exact) mass is 1040 g/mol. The Hall–Kier alpha value is -10.9. The number of fused-ring (bicyclic) bond motifs is 6. The van der Waals surface area contributed by atoms with E-state index in [2.05, 4.69) is 34.9 Å². The van der Waals surface area contributed by atoms with Gasteiger partial charge in [-0.1, -0.05) is 170 Å². The van der Waals surface area contributed by atoms with E-state index in [1.54, 1.807) is 10.6 Å². The summed E-state index contributed by atoms with van der Waals surface area (Å²) in [5.74, 6) is 2.09. The van der Waals surface area contributed by atoms with Crippen molar-refractivity contribution in [3.8, 4) is 96.9 Å². The predicted molar refractivity (Wildman–Crippen MR) is 310 cm³/mol. The number of alkyl halides is 3. The van der Waals surface area contributed by atoms with Crippen LogP contribution in [0, 0.1) is 11.3 Å². The lowest BCUT2D eigenvalue weighted by molar-refractivity contribution is -0.137. The molecule has 14 rings (SSSR count). The van der Waals surface area contributed by atoms with Gasteiger partial charge in [0.2, 0.25) is 0 Å². The standard InChI is InChI=1S/C68H40F3N9/c69-68(70,71)55-40-49(67-76-62(42-17-4-1-5-18-42)73-63(77-67)43-19-6-2-7-20-43)33-36-61(55)80-59-30-15-12-27-53(59)54-39-46(31-35-60(54)80)45-23-16-24-47(37-45)65-74-64(44-21-8-3-9-22-44)75-66(78-65)48-32-34-56(50(38-48)41-72)79-57-28-13-10-25-51(57)52-26-11-14-29-58(52)79/h1-40H. The number of hydrogen-bond donors (Lipinski definition) is 0. The van der Waals surface area contributed by atoms with E-state index in [1.165, 1.54) is 6.07 Å². The highest BCUT2D eigenvalue weighted by molar-refractivity contribution is 6.11. The van der Waals surface area contributed by atoms with Gasteiger partial charge in [-0.15, -0.1) is 0 Å². The summed E-state index contributed by atoms with van der Waals surface area (Å²) in [6.45, 7) is 0. The molecule has 0 aliphatic rings. The number of para-hydroxylation sites is 3. The molecular weight excluding hydrogens is 1000 g/mol. The lowest BCUT2D eigenvalue weighted by Gasteiger charge is -2.17. The van der Waals surface area contributed by atoms with Gasteiger partial charge >= 0.3 is 6.18 Å². The molecule has 10 aromatic carbocycles. The average Bonchev–Trinajstić information content (AvgIpc) is 4.21. The van der Waals surface area contributed by atoms with Gasteiger partial charge in [0, 0.05) is 54.9 Å². The molecule has 0 unspecified atom stereocenters. The highest BCUT2D eigenvalue weighted by atomic mass is 19.4. The summed E-state index contributed by atoms with van der Waals surface area (Å²) in [4.78, 5) is 29.3. The van der Waals surface area contributed by atoms with E-state index < -0.39 is 11.7 Å². The molecule has 0 N–H and O–H groups in total.